The van der Waals surface area contributed by atoms with Crippen LogP contribution in [0, 0.1) is 12.8 Å². The lowest BCUT2D eigenvalue weighted by atomic mass is 9.83. The van der Waals surface area contributed by atoms with Crippen LogP contribution in [0.3, 0.4) is 0 Å². The molecule has 1 N–H and O–H groups in total. The van der Waals surface area contributed by atoms with Gasteiger partial charge in [-0.3, -0.25) is 4.90 Å². The van der Waals surface area contributed by atoms with Crippen molar-refractivity contribution in [1.82, 2.24) is 10.2 Å². The van der Waals surface area contributed by atoms with Gasteiger partial charge in [0.25, 0.3) is 0 Å². The highest BCUT2D eigenvalue weighted by molar-refractivity contribution is 6.30. The molecule has 2 nitrogen and oxygen atoms in total. The lowest BCUT2D eigenvalue weighted by molar-refractivity contribution is 0.117. The zero-order valence-corrected chi connectivity index (χ0v) is 13.9. The molecule has 0 spiro atoms. The van der Waals surface area contributed by atoms with Crippen LogP contribution in [0.2, 0.25) is 5.02 Å². The fraction of sp³-hybridized carbons (Fsp3) is 0.647. The minimum Gasteiger partial charge on any atom is -0.314 e. The fourth-order valence-corrected chi connectivity index (χ4v) is 3.55. The number of likely N-dealkylation sites (tertiary alicyclic amines) is 1. The van der Waals surface area contributed by atoms with Gasteiger partial charge in [-0.1, -0.05) is 31.5 Å². The van der Waals surface area contributed by atoms with Gasteiger partial charge >= 0.3 is 0 Å². The molecule has 0 saturated carbocycles. The quantitative estimate of drug-likeness (QED) is 0.902. The summed E-state index contributed by atoms with van der Waals surface area (Å²) < 4.78 is 0. The maximum Gasteiger partial charge on any atom is 0.0408 e. The number of nitrogens with zero attached hydrogens (tertiary/aromatic N) is 1. The Morgan fingerprint density at radius 2 is 2.15 bits per heavy atom. The SMILES string of the molecule is Cc1cc(Cl)ccc1C1C(CNC(C)C)CCCN1C. The standard InChI is InChI=1S/C17H27ClN2/c1-12(2)19-11-14-6-5-9-20(4)17(14)16-8-7-15(18)10-13(16)3/h7-8,10,12,14,17,19H,5-6,9,11H2,1-4H3. The first-order valence-electron chi connectivity index (χ1n) is 7.68. The number of aryl methyl sites for hydroxylation is 1. The van der Waals surface area contributed by atoms with E-state index in [-0.39, 0.29) is 0 Å². The molecule has 1 aliphatic rings. The molecule has 3 heteroatoms. The Hall–Kier alpha value is -0.570. The predicted molar refractivity (Wildman–Crippen MR) is 87.4 cm³/mol. The van der Waals surface area contributed by atoms with Gasteiger partial charge in [0.2, 0.25) is 0 Å². The fourth-order valence-electron chi connectivity index (χ4n) is 3.32. The normalized spacial score (nSPS) is 24.3. The number of piperidine rings is 1. The number of hydrogen-bond acceptors (Lipinski definition) is 2. The molecule has 2 rings (SSSR count). The van der Waals surface area contributed by atoms with Gasteiger partial charge in [0.1, 0.15) is 0 Å². The molecule has 0 radical (unpaired) electrons. The molecule has 0 aromatic heterocycles. The minimum atomic E-state index is 0.507. The van der Waals surface area contributed by atoms with Gasteiger partial charge < -0.3 is 5.32 Å². The van der Waals surface area contributed by atoms with Crippen molar-refractivity contribution in [3.05, 3.63) is 34.3 Å². The molecule has 1 aliphatic heterocycles. The number of nitrogens with one attached hydrogen (secondary N) is 1. The zero-order valence-electron chi connectivity index (χ0n) is 13.1. The van der Waals surface area contributed by atoms with Gasteiger partial charge in [-0.15, -0.1) is 0 Å². The summed E-state index contributed by atoms with van der Waals surface area (Å²) >= 11 is 6.11. The van der Waals surface area contributed by atoms with E-state index in [4.69, 9.17) is 11.6 Å². The number of rotatable bonds is 4. The molecule has 20 heavy (non-hydrogen) atoms. The summed E-state index contributed by atoms with van der Waals surface area (Å²) in [4.78, 5) is 2.51. The third-order valence-electron chi connectivity index (χ3n) is 4.35. The van der Waals surface area contributed by atoms with Crippen LogP contribution in [-0.4, -0.2) is 31.1 Å². The van der Waals surface area contributed by atoms with Crippen LogP contribution in [0.5, 0.6) is 0 Å². The van der Waals surface area contributed by atoms with Crippen molar-refractivity contribution in [2.24, 2.45) is 5.92 Å². The van der Waals surface area contributed by atoms with Gasteiger partial charge in [-0.05, 0) is 62.5 Å². The van der Waals surface area contributed by atoms with Crippen molar-refractivity contribution >= 4 is 11.6 Å². The molecule has 1 heterocycles. The summed E-state index contributed by atoms with van der Waals surface area (Å²) in [6, 6.07) is 7.39. The summed E-state index contributed by atoms with van der Waals surface area (Å²) in [5.74, 6) is 0.677. The zero-order chi connectivity index (χ0) is 14.7. The second-order valence-electron chi connectivity index (χ2n) is 6.39. The van der Waals surface area contributed by atoms with Crippen molar-refractivity contribution in [2.45, 2.75) is 45.7 Å². The molecule has 0 amide bonds. The van der Waals surface area contributed by atoms with Crippen LogP contribution < -0.4 is 5.32 Å². The summed E-state index contributed by atoms with van der Waals surface area (Å²) in [6.07, 6.45) is 2.60. The molecule has 1 saturated heterocycles. The molecule has 112 valence electrons. The van der Waals surface area contributed by atoms with Gasteiger partial charge in [-0.2, -0.15) is 0 Å². The van der Waals surface area contributed by atoms with E-state index < -0.39 is 0 Å². The maximum absolute atomic E-state index is 6.11. The van der Waals surface area contributed by atoms with Crippen LogP contribution in [0.1, 0.15) is 43.9 Å². The van der Waals surface area contributed by atoms with Crippen molar-refractivity contribution in [2.75, 3.05) is 20.1 Å². The second-order valence-corrected chi connectivity index (χ2v) is 6.83. The van der Waals surface area contributed by atoms with Gasteiger partial charge in [0, 0.05) is 23.7 Å². The summed E-state index contributed by atoms with van der Waals surface area (Å²) in [6.45, 7) is 8.89. The van der Waals surface area contributed by atoms with Crippen molar-refractivity contribution in [3.8, 4) is 0 Å². The van der Waals surface area contributed by atoms with Crippen LogP contribution in [0.4, 0.5) is 0 Å². The summed E-state index contributed by atoms with van der Waals surface area (Å²) in [5, 5.41) is 4.45. The highest BCUT2D eigenvalue weighted by Crippen LogP contribution is 2.36. The first-order valence-corrected chi connectivity index (χ1v) is 8.06. The van der Waals surface area contributed by atoms with Gasteiger partial charge in [0.15, 0.2) is 0 Å². The Morgan fingerprint density at radius 3 is 2.80 bits per heavy atom. The van der Waals surface area contributed by atoms with Crippen LogP contribution in [-0.2, 0) is 0 Å². The molecule has 1 aromatic rings. The van der Waals surface area contributed by atoms with Crippen LogP contribution in [0.25, 0.3) is 0 Å². The van der Waals surface area contributed by atoms with Crippen molar-refractivity contribution in [3.63, 3.8) is 0 Å². The van der Waals surface area contributed by atoms with E-state index >= 15 is 0 Å². The lowest BCUT2D eigenvalue weighted by Gasteiger charge is -2.40. The lowest BCUT2D eigenvalue weighted by Crippen LogP contribution is -2.42. The smallest absolute Gasteiger partial charge is 0.0408 e. The van der Waals surface area contributed by atoms with E-state index in [1.165, 1.54) is 30.5 Å². The van der Waals surface area contributed by atoms with E-state index in [0.29, 0.717) is 18.0 Å². The minimum absolute atomic E-state index is 0.507. The third kappa shape index (κ3) is 3.75. The van der Waals surface area contributed by atoms with Crippen LogP contribution >= 0.6 is 11.6 Å². The average molecular weight is 295 g/mol. The number of hydrogen-bond donors (Lipinski definition) is 1. The molecule has 2 unspecified atom stereocenters. The van der Waals surface area contributed by atoms with Crippen molar-refractivity contribution in [1.29, 1.82) is 0 Å². The number of halogens is 1. The first kappa shape index (κ1) is 15.8. The van der Waals surface area contributed by atoms with Crippen molar-refractivity contribution < 1.29 is 0 Å². The van der Waals surface area contributed by atoms with E-state index in [2.05, 4.69) is 50.2 Å². The van der Waals surface area contributed by atoms with E-state index in [1.54, 1.807) is 0 Å². The second kappa shape index (κ2) is 6.93. The molecule has 0 aliphatic carbocycles. The average Bonchev–Trinajstić information content (AvgIpc) is 2.37. The Balaban J connectivity index is 2.22. The monoisotopic (exact) mass is 294 g/mol. The Bertz CT molecular complexity index is 445. The topological polar surface area (TPSA) is 15.3 Å². The summed E-state index contributed by atoms with van der Waals surface area (Å²) in [5.41, 5.74) is 2.75. The Labute approximate surface area is 128 Å². The maximum atomic E-state index is 6.11. The first-order chi connectivity index (χ1) is 9.49. The molecule has 2 atom stereocenters. The Kier molecular flexibility index (Phi) is 5.48. The molecule has 1 aromatic carbocycles. The van der Waals surface area contributed by atoms with Crippen LogP contribution in [0.15, 0.2) is 18.2 Å². The highest BCUT2D eigenvalue weighted by Gasteiger charge is 2.31. The largest absolute Gasteiger partial charge is 0.314 e. The van der Waals surface area contributed by atoms with Gasteiger partial charge in [0.05, 0.1) is 0 Å². The third-order valence-corrected chi connectivity index (χ3v) is 4.58. The molecular weight excluding hydrogens is 268 g/mol. The summed E-state index contributed by atoms with van der Waals surface area (Å²) in [7, 11) is 2.25. The molecular formula is C17H27ClN2. The Morgan fingerprint density at radius 1 is 1.40 bits per heavy atom. The van der Waals surface area contributed by atoms with E-state index in [9.17, 15) is 0 Å². The predicted octanol–water partition coefficient (Wildman–Crippen LogP) is 4.03. The van der Waals surface area contributed by atoms with E-state index in [1.807, 2.05) is 6.07 Å². The molecule has 1 fully saturated rings. The molecule has 0 bridgehead atoms. The number of benzene rings is 1. The van der Waals surface area contributed by atoms with E-state index in [0.717, 1.165) is 11.6 Å². The highest BCUT2D eigenvalue weighted by atomic mass is 35.5. The van der Waals surface area contributed by atoms with Gasteiger partial charge in [-0.25, -0.2) is 0 Å².